The van der Waals surface area contributed by atoms with Crippen LogP contribution in [0.2, 0.25) is 26.6 Å². The number of unbranched alkanes of at least 4 members (excludes halogenated alkanes) is 6. The van der Waals surface area contributed by atoms with Gasteiger partial charge in [0.25, 0.3) is 0 Å². The summed E-state index contributed by atoms with van der Waals surface area (Å²) in [6.45, 7) is 25.3. The fourth-order valence-corrected chi connectivity index (χ4v) is 43.2. The topological polar surface area (TPSA) is 0 Å². The molecule has 47 heavy (non-hydrogen) atoms. The van der Waals surface area contributed by atoms with Crippen LogP contribution in [-0.2, 0) is 5.41 Å². The SMILES string of the molecule is C=[C]([C@H]1CC(c2ccccc2)(c2ccccc2)C[C@H]1[C](=C)[Sn]([CH2]CCC)([CH2]CCC)[CH2]CCC)[Sn]([CH2]CCC)([CH2]CCC)[CH2]CCC. The Hall–Kier alpha value is -0.483. The summed E-state index contributed by atoms with van der Waals surface area (Å²) in [5.74, 6) is 1.20. The summed E-state index contributed by atoms with van der Waals surface area (Å²) in [4.78, 5) is 0. The van der Waals surface area contributed by atoms with Crippen molar-refractivity contribution in [3.63, 3.8) is 0 Å². The average Bonchev–Trinajstić information content (AvgIpc) is 3.53. The summed E-state index contributed by atoms with van der Waals surface area (Å²) in [5.41, 5.74) is 3.11. The van der Waals surface area contributed by atoms with E-state index in [1.165, 1.54) is 128 Å². The summed E-state index contributed by atoms with van der Waals surface area (Å²) >= 11 is -5.48. The maximum atomic E-state index is 5.40. The van der Waals surface area contributed by atoms with Gasteiger partial charge < -0.3 is 0 Å². The Kier molecular flexibility index (Phi) is 18.3. The third-order valence-corrected chi connectivity index (χ3v) is 44.9. The van der Waals surface area contributed by atoms with Gasteiger partial charge >= 0.3 is 304 Å². The Morgan fingerprint density at radius 1 is 0.489 bits per heavy atom. The van der Waals surface area contributed by atoms with Crippen molar-refractivity contribution in [3.05, 3.63) is 92.1 Å². The quantitative estimate of drug-likeness (QED) is 0.0923. The van der Waals surface area contributed by atoms with Crippen LogP contribution in [0.25, 0.3) is 0 Å². The van der Waals surface area contributed by atoms with E-state index in [1.807, 2.05) is 7.18 Å². The summed E-state index contributed by atoms with van der Waals surface area (Å²) < 4.78 is 12.8. The van der Waals surface area contributed by atoms with Gasteiger partial charge in [-0.3, -0.25) is 0 Å². The fourth-order valence-electron chi connectivity index (χ4n) is 9.59. The van der Waals surface area contributed by atoms with Gasteiger partial charge in [-0.15, -0.1) is 0 Å². The predicted molar refractivity (Wildman–Crippen MR) is 218 cm³/mol. The average molecular weight is 853 g/mol. The maximum absolute atomic E-state index is 5.40. The first-order chi connectivity index (χ1) is 22.8. The first-order valence-corrected chi connectivity index (χ1v) is 35.3. The van der Waals surface area contributed by atoms with Crippen molar-refractivity contribution in [3.8, 4) is 0 Å². The Morgan fingerprint density at radius 2 is 0.745 bits per heavy atom. The van der Waals surface area contributed by atoms with Crippen molar-refractivity contribution in [2.75, 3.05) is 0 Å². The Morgan fingerprint density at radius 3 is 0.979 bits per heavy atom. The molecule has 0 unspecified atom stereocenters. The summed E-state index contributed by atoms with van der Waals surface area (Å²) in [5, 5.41) is 0. The van der Waals surface area contributed by atoms with E-state index in [-0.39, 0.29) is 5.41 Å². The molecule has 1 aliphatic rings. The molecule has 0 aromatic heterocycles. The van der Waals surface area contributed by atoms with E-state index < -0.39 is 36.8 Å². The van der Waals surface area contributed by atoms with Gasteiger partial charge in [0.2, 0.25) is 0 Å². The molecule has 2 heteroatoms. The first kappa shape index (κ1) is 40.9. The summed E-state index contributed by atoms with van der Waals surface area (Å²) in [7, 11) is 0. The molecule has 0 aliphatic heterocycles. The number of hydrogen-bond donors (Lipinski definition) is 0. The molecule has 1 saturated carbocycles. The van der Waals surface area contributed by atoms with Crippen molar-refractivity contribution in [2.45, 2.75) is 163 Å². The number of rotatable bonds is 24. The van der Waals surface area contributed by atoms with Crippen LogP contribution in [-0.4, -0.2) is 36.8 Å². The molecule has 0 amide bonds. The van der Waals surface area contributed by atoms with Crippen LogP contribution in [0.1, 0.15) is 143 Å². The van der Waals surface area contributed by atoms with Crippen molar-refractivity contribution < 1.29 is 0 Å². The Bertz CT molecular complexity index is 1030. The zero-order valence-electron chi connectivity index (χ0n) is 32.0. The predicted octanol–water partition coefficient (Wildman–Crippen LogP) is 14.9. The van der Waals surface area contributed by atoms with E-state index in [9.17, 15) is 0 Å². The minimum absolute atomic E-state index is 0.0412. The number of benzene rings is 2. The fraction of sp³-hybridized carbons (Fsp3) is 0.644. The van der Waals surface area contributed by atoms with Crippen LogP contribution < -0.4 is 0 Å². The molecule has 2 aromatic rings. The van der Waals surface area contributed by atoms with E-state index >= 15 is 0 Å². The number of allylic oxidation sites excluding steroid dienone is 2. The van der Waals surface area contributed by atoms with E-state index in [1.54, 1.807) is 0 Å². The molecule has 3 rings (SSSR count). The van der Waals surface area contributed by atoms with Crippen LogP contribution in [0.4, 0.5) is 0 Å². The second-order valence-electron chi connectivity index (χ2n) is 15.7. The van der Waals surface area contributed by atoms with E-state index in [4.69, 9.17) is 13.2 Å². The van der Waals surface area contributed by atoms with Gasteiger partial charge in [-0.1, -0.05) is 0 Å². The molecular formula is C45H74Sn2. The van der Waals surface area contributed by atoms with Crippen LogP contribution in [0.5, 0.6) is 0 Å². The van der Waals surface area contributed by atoms with Gasteiger partial charge in [-0.05, 0) is 0 Å². The van der Waals surface area contributed by atoms with Crippen LogP contribution in [0.15, 0.2) is 81.0 Å². The second-order valence-corrected chi connectivity index (χ2v) is 42.5. The van der Waals surface area contributed by atoms with E-state index in [0.717, 1.165) is 0 Å². The Balaban J connectivity index is 2.29. The second kappa shape index (κ2) is 21.0. The zero-order valence-corrected chi connectivity index (χ0v) is 37.7. The Labute approximate surface area is 301 Å². The zero-order chi connectivity index (χ0) is 34.2. The van der Waals surface area contributed by atoms with Gasteiger partial charge in [0.05, 0.1) is 0 Å². The van der Waals surface area contributed by atoms with Crippen molar-refractivity contribution in [1.82, 2.24) is 0 Å². The number of hydrogen-bond acceptors (Lipinski definition) is 0. The molecule has 0 radical (unpaired) electrons. The molecule has 1 aliphatic carbocycles. The van der Waals surface area contributed by atoms with Crippen molar-refractivity contribution in [2.24, 2.45) is 11.8 Å². The van der Waals surface area contributed by atoms with Crippen molar-refractivity contribution >= 4 is 36.8 Å². The van der Waals surface area contributed by atoms with E-state index in [2.05, 4.69) is 102 Å². The minimum atomic E-state index is -2.74. The molecule has 0 nitrogen and oxygen atoms in total. The molecule has 0 heterocycles. The monoisotopic (exact) mass is 854 g/mol. The van der Waals surface area contributed by atoms with E-state index in [0.29, 0.717) is 11.8 Å². The van der Waals surface area contributed by atoms with Crippen molar-refractivity contribution in [1.29, 1.82) is 0 Å². The standard InChI is InChI=1S/C21H20.6C4H9.2Sn/c1-3-17-15-21(16-18(17)4-2,19-11-7-5-8-12-19)20-13-9-6-10-14-20;6*1-3-4-2;;/h5-14,17-18H,1-2,15-16H2;6*1,3-4H2,2H3;;/t17-,18+;;;;;;;;. The summed E-state index contributed by atoms with van der Waals surface area (Å²) in [6, 6.07) is 23.5. The molecule has 0 spiro atoms. The first-order valence-electron chi connectivity index (χ1n) is 20.3. The molecule has 0 N–H and O–H groups in total. The molecule has 0 bridgehead atoms. The van der Waals surface area contributed by atoms with Crippen LogP contribution in [0.3, 0.4) is 0 Å². The third-order valence-electron chi connectivity index (χ3n) is 12.6. The van der Waals surface area contributed by atoms with Gasteiger partial charge in [-0.2, -0.15) is 0 Å². The third kappa shape index (κ3) is 10.3. The normalized spacial score (nSPS) is 18.0. The molecule has 0 saturated heterocycles. The van der Waals surface area contributed by atoms with Crippen LogP contribution >= 0.6 is 0 Å². The molecular weight excluding hydrogens is 778 g/mol. The van der Waals surface area contributed by atoms with Crippen LogP contribution in [0, 0.1) is 11.8 Å². The molecule has 2 atom stereocenters. The van der Waals surface area contributed by atoms with Gasteiger partial charge in [-0.25, -0.2) is 0 Å². The molecule has 262 valence electrons. The van der Waals surface area contributed by atoms with Gasteiger partial charge in [0, 0.05) is 0 Å². The molecule has 1 fully saturated rings. The summed E-state index contributed by atoms with van der Waals surface area (Å²) in [6.07, 6.45) is 18.9. The molecule has 2 aromatic carbocycles. The van der Waals surface area contributed by atoms with Gasteiger partial charge in [0.1, 0.15) is 0 Å². The van der Waals surface area contributed by atoms with Gasteiger partial charge in [0.15, 0.2) is 0 Å².